The molecule has 0 spiro atoms. The Morgan fingerprint density at radius 2 is 2.00 bits per heavy atom. The molecule has 0 bridgehead atoms. The van der Waals surface area contributed by atoms with E-state index in [2.05, 4.69) is 42.6 Å². The normalized spacial score (nSPS) is 13.6. The fourth-order valence-electron chi connectivity index (χ4n) is 2.68. The minimum absolute atomic E-state index is 0.932. The SMILES string of the molecule is COc1ccc(C)cc1-c1ccc2c(c1)NCCC2. The van der Waals surface area contributed by atoms with Crippen molar-refractivity contribution >= 4 is 5.69 Å². The van der Waals surface area contributed by atoms with Crippen LogP contribution >= 0.6 is 0 Å². The van der Waals surface area contributed by atoms with Crippen LogP contribution in [0.3, 0.4) is 0 Å². The van der Waals surface area contributed by atoms with Gasteiger partial charge in [-0.1, -0.05) is 23.8 Å². The largest absolute Gasteiger partial charge is 0.496 e. The minimum Gasteiger partial charge on any atom is -0.496 e. The quantitative estimate of drug-likeness (QED) is 0.872. The lowest BCUT2D eigenvalue weighted by Gasteiger charge is -2.19. The molecule has 2 aromatic rings. The molecule has 0 aromatic heterocycles. The zero-order chi connectivity index (χ0) is 13.2. The number of nitrogens with one attached hydrogen (secondary N) is 1. The highest BCUT2D eigenvalue weighted by molar-refractivity contribution is 5.75. The van der Waals surface area contributed by atoms with Crippen molar-refractivity contribution in [3.05, 3.63) is 47.5 Å². The number of aryl methyl sites for hydroxylation is 2. The van der Waals surface area contributed by atoms with Gasteiger partial charge in [-0.05, 0) is 49.1 Å². The van der Waals surface area contributed by atoms with Crippen molar-refractivity contribution < 1.29 is 4.74 Å². The number of rotatable bonds is 2. The van der Waals surface area contributed by atoms with Crippen LogP contribution in [-0.4, -0.2) is 13.7 Å². The molecule has 2 nitrogen and oxygen atoms in total. The van der Waals surface area contributed by atoms with Gasteiger partial charge in [0, 0.05) is 17.8 Å². The summed E-state index contributed by atoms with van der Waals surface area (Å²) in [5, 5.41) is 3.48. The van der Waals surface area contributed by atoms with Crippen molar-refractivity contribution in [2.75, 3.05) is 19.0 Å². The van der Waals surface area contributed by atoms with Gasteiger partial charge in [0.2, 0.25) is 0 Å². The van der Waals surface area contributed by atoms with Gasteiger partial charge in [-0.3, -0.25) is 0 Å². The maximum absolute atomic E-state index is 5.48. The highest BCUT2D eigenvalue weighted by atomic mass is 16.5. The zero-order valence-electron chi connectivity index (χ0n) is 11.5. The summed E-state index contributed by atoms with van der Waals surface area (Å²) in [6.07, 6.45) is 2.40. The highest BCUT2D eigenvalue weighted by Crippen LogP contribution is 2.34. The lowest BCUT2D eigenvalue weighted by molar-refractivity contribution is 0.416. The molecular weight excluding hydrogens is 234 g/mol. The highest BCUT2D eigenvalue weighted by Gasteiger charge is 2.12. The standard InChI is InChI=1S/C17H19NO/c1-12-5-8-17(19-2)15(10-12)14-7-6-13-4-3-9-18-16(13)11-14/h5-8,10-11,18H,3-4,9H2,1-2H3. The molecule has 1 aliphatic rings. The second-order valence-corrected chi connectivity index (χ2v) is 5.11. The van der Waals surface area contributed by atoms with Crippen LogP contribution in [0.4, 0.5) is 5.69 Å². The molecular formula is C17H19NO. The number of methoxy groups -OCH3 is 1. The van der Waals surface area contributed by atoms with Gasteiger partial charge in [0.1, 0.15) is 5.75 Å². The van der Waals surface area contributed by atoms with E-state index in [1.165, 1.54) is 35.2 Å². The van der Waals surface area contributed by atoms with Crippen molar-refractivity contribution in [2.45, 2.75) is 19.8 Å². The Hall–Kier alpha value is -1.96. The van der Waals surface area contributed by atoms with E-state index in [0.29, 0.717) is 0 Å². The van der Waals surface area contributed by atoms with Crippen LogP contribution in [0.5, 0.6) is 5.75 Å². The fraction of sp³-hybridized carbons (Fsp3) is 0.294. The Kier molecular flexibility index (Phi) is 3.16. The predicted molar refractivity (Wildman–Crippen MR) is 80.0 cm³/mol. The lowest BCUT2D eigenvalue weighted by Crippen LogP contribution is -2.11. The van der Waals surface area contributed by atoms with Gasteiger partial charge in [0.25, 0.3) is 0 Å². The maximum Gasteiger partial charge on any atom is 0.126 e. The fourth-order valence-corrected chi connectivity index (χ4v) is 2.68. The van der Waals surface area contributed by atoms with Gasteiger partial charge >= 0.3 is 0 Å². The van der Waals surface area contributed by atoms with E-state index < -0.39 is 0 Å². The third-order valence-corrected chi connectivity index (χ3v) is 3.71. The number of ether oxygens (including phenoxy) is 1. The van der Waals surface area contributed by atoms with Crippen molar-refractivity contribution in [2.24, 2.45) is 0 Å². The average molecular weight is 253 g/mol. The Morgan fingerprint density at radius 3 is 2.84 bits per heavy atom. The van der Waals surface area contributed by atoms with Crippen molar-refractivity contribution in [3.8, 4) is 16.9 Å². The van der Waals surface area contributed by atoms with Crippen LogP contribution in [0.2, 0.25) is 0 Å². The van der Waals surface area contributed by atoms with Crippen molar-refractivity contribution in [1.82, 2.24) is 0 Å². The molecule has 1 heterocycles. The summed E-state index contributed by atoms with van der Waals surface area (Å²) in [5.41, 5.74) is 6.32. The molecule has 0 atom stereocenters. The van der Waals surface area contributed by atoms with Gasteiger partial charge in [-0.25, -0.2) is 0 Å². The first kappa shape index (κ1) is 12.1. The summed E-state index contributed by atoms with van der Waals surface area (Å²) < 4.78 is 5.48. The summed E-state index contributed by atoms with van der Waals surface area (Å²) in [7, 11) is 1.73. The smallest absolute Gasteiger partial charge is 0.126 e. The Morgan fingerprint density at radius 1 is 1.11 bits per heavy atom. The summed E-state index contributed by atoms with van der Waals surface area (Å²) in [5.74, 6) is 0.932. The molecule has 0 saturated carbocycles. The molecule has 1 N–H and O–H groups in total. The topological polar surface area (TPSA) is 21.3 Å². The first-order valence-electron chi connectivity index (χ1n) is 6.80. The van der Waals surface area contributed by atoms with E-state index in [-0.39, 0.29) is 0 Å². The van der Waals surface area contributed by atoms with Crippen molar-refractivity contribution in [1.29, 1.82) is 0 Å². The van der Waals surface area contributed by atoms with E-state index in [9.17, 15) is 0 Å². The number of hydrogen-bond acceptors (Lipinski definition) is 2. The lowest BCUT2D eigenvalue weighted by atomic mass is 9.96. The Balaban J connectivity index is 2.09. The molecule has 0 fully saturated rings. The second kappa shape index (κ2) is 4.96. The third-order valence-electron chi connectivity index (χ3n) is 3.71. The molecule has 0 saturated heterocycles. The summed E-state index contributed by atoms with van der Waals surface area (Å²) >= 11 is 0. The van der Waals surface area contributed by atoms with E-state index in [0.717, 1.165) is 17.9 Å². The minimum atomic E-state index is 0.932. The maximum atomic E-state index is 5.48. The van der Waals surface area contributed by atoms with Crippen LogP contribution in [0.25, 0.3) is 11.1 Å². The number of anilines is 1. The molecule has 0 unspecified atom stereocenters. The van der Waals surface area contributed by atoms with Crippen LogP contribution in [0, 0.1) is 6.92 Å². The number of hydrogen-bond donors (Lipinski definition) is 1. The van der Waals surface area contributed by atoms with E-state index >= 15 is 0 Å². The molecule has 2 heteroatoms. The zero-order valence-corrected chi connectivity index (χ0v) is 11.5. The summed E-state index contributed by atoms with van der Waals surface area (Å²) in [6.45, 7) is 3.18. The molecule has 0 aliphatic carbocycles. The van der Waals surface area contributed by atoms with E-state index in [4.69, 9.17) is 4.74 Å². The number of benzene rings is 2. The number of fused-ring (bicyclic) bond motifs is 1. The van der Waals surface area contributed by atoms with Crippen LogP contribution in [0.1, 0.15) is 17.5 Å². The van der Waals surface area contributed by atoms with E-state index in [1.54, 1.807) is 7.11 Å². The van der Waals surface area contributed by atoms with Gasteiger partial charge in [0.05, 0.1) is 7.11 Å². The Bertz CT molecular complexity index is 604. The van der Waals surface area contributed by atoms with Crippen LogP contribution < -0.4 is 10.1 Å². The molecule has 19 heavy (non-hydrogen) atoms. The molecule has 0 amide bonds. The molecule has 2 aromatic carbocycles. The van der Waals surface area contributed by atoms with Gasteiger partial charge in [0.15, 0.2) is 0 Å². The molecule has 1 aliphatic heterocycles. The van der Waals surface area contributed by atoms with Gasteiger partial charge < -0.3 is 10.1 Å². The monoisotopic (exact) mass is 253 g/mol. The molecule has 3 rings (SSSR count). The van der Waals surface area contributed by atoms with Gasteiger partial charge in [-0.15, -0.1) is 0 Å². The van der Waals surface area contributed by atoms with E-state index in [1.807, 2.05) is 6.07 Å². The predicted octanol–water partition coefficient (Wildman–Crippen LogP) is 4.03. The van der Waals surface area contributed by atoms with Crippen LogP contribution in [0.15, 0.2) is 36.4 Å². The Labute approximate surface area is 114 Å². The molecule has 98 valence electrons. The van der Waals surface area contributed by atoms with Gasteiger partial charge in [-0.2, -0.15) is 0 Å². The van der Waals surface area contributed by atoms with Crippen LogP contribution in [-0.2, 0) is 6.42 Å². The third kappa shape index (κ3) is 2.30. The summed E-state index contributed by atoms with van der Waals surface area (Å²) in [4.78, 5) is 0. The summed E-state index contributed by atoms with van der Waals surface area (Å²) in [6, 6.07) is 13.0. The molecule has 0 radical (unpaired) electrons. The average Bonchev–Trinajstić information content (AvgIpc) is 2.46. The van der Waals surface area contributed by atoms with Crippen molar-refractivity contribution in [3.63, 3.8) is 0 Å². The second-order valence-electron chi connectivity index (χ2n) is 5.11. The first-order chi connectivity index (χ1) is 9.28. The first-order valence-corrected chi connectivity index (χ1v) is 6.80.